The molecular formula is C10H18N2O5. The Hall–Kier alpha value is -1.79. The summed E-state index contributed by atoms with van der Waals surface area (Å²) >= 11 is 0. The molecule has 2 N–H and O–H groups in total. The van der Waals surface area contributed by atoms with E-state index in [9.17, 15) is 14.4 Å². The number of ether oxygens (including phenoxy) is 1. The minimum atomic E-state index is -1.09. The number of aliphatic carboxylic acids is 1. The average molecular weight is 246 g/mol. The van der Waals surface area contributed by atoms with Gasteiger partial charge in [0.2, 0.25) is 0 Å². The van der Waals surface area contributed by atoms with Crippen molar-refractivity contribution in [3.05, 3.63) is 0 Å². The Morgan fingerprint density at radius 2 is 2.00 bits per heavy atom. The first-order valence-electron chi connectivity index (χ1n) is 5.29. The fraction of sp³-hybridized carbons (Fsp3) is 0.700. The molecule has 0 saturated carbocycles. The molecular weight excluding hydrogens is 228 g/mol. The minimum Gasteiger partial charge on any atom is -0.480 e. The van der Waals surface area contributed by atoms with E-state index in [0.29, 0.717) is 6.61 Å². The maximum Gasteiger partial charge on any atom is 0.326 e. The monoisotopic (exact) mass is 246 g/mol. The van der Waals surface area contributed by atoms with Gasteiger partial charge in [0.1, 0.15) is 6.04 Å². The van der Waals surface area contributed by atoms with Crippen molar-refractivity contribution in [2.75, 3.05) is 20.2 Å². The summed E-state index contributed by atoms with van der Waals surface area (Å²) in [5.41, 5.74) is 0. The lowest BCUT2D eigenvalue weighted by Crippen LogP contribution is -2.46. The van der Waals surface area contributed by atoms with Crippen LogP contribution in [0.3, 0.4) is 0 Å². The minimum absolute atomic E-state index is 0.0644. The number of hydrogen-bond acceptors (Lipinski definition) is 4. The molecule has 0 bridgehead atoms. The SMILES string of the molecule is CCOC(=O)CCNC(=O)N(C)C(C)C(=O)O. The van der Waals surface area contributed by atoms with Crippen LogP contribution in [0.2, 0.25) is 0 Å². The predicted molar refractivity (Wildman–Crippen MR) is 59.5 cm³/mol. The predicted octanol–water partition coefficient (Wildman–Crippen LogP) is 0.0541. The van der Waals surface area contributed by atoms with Gasteiger partial charge in [-0.3, -0.25) is 4.79 Å². The Balaban J connectivity index is 3.94. The number of hydrogen-bond donors (Lipinski definition) is 2. The van der Waals surface area contributed by atoms with Gasteiger partial charge in [0.05, 0.1) is 13.0 Å². The van der Waals surface area contributed by atoms with Crippen LogP contribution in [0, 0.1) is 0 Å². The Morgan fingerprint density at radius 1 is 1.41 bits per heavy atom. The number of esters is 1. The summed E-state index contributed by atoms with van der Waals surface area (Å²) in [5.74, 6) is -1.49. The molecule has 98 valence electrons. The smallest absolute Gasteiger partial charge is 0.326 e. The molecule has 0 fully saturated rings. The second-order valence-electron chi connectivity index (χ2n) is 3.41. The van der Waals surface area contributed by atoms with Crippen LogP contribution in [-0.4, -0.2) is 54.2 Å². The molecule has 0 aliphatic rings. The summed E-state index contributed by atoms with van der Waals surface area (Å²) in [4.78, 5) is 34.0. The number of likely N-dealkylation sites (N-methyl/N-ethyl adjacent to an activating group) is 1. The van der Waals surface area contributed by atoms with Gasteiger partial charge in [0, 0.05) is 13.6 Å². The maximum absolute atomic E-state index is 11.4. The van der Waals surface area contributed by atoms with Crippen molar-refractivity contribution in [3.8, 4) is 0 Å². The van der Waals surface area contributed by atoms with Crippen LogP contribution in [0.4, 0.5) is 4.79 Å². The van der Waals surface area contributed by atoms with E-state index in [4.69, 9.17) is 5.11 Å². The number of carboxylic acids is 1. The highest BCUT2D eigenvalue weighted by molar-refractivity contribution is 5.82. The molecule has 0 saturated heterocycles. The molecule has 0 aromatic carbocycles. The lowest BCUT2D eigenvalue weighted by Gasteiger charge is -2.21. The van der Waals surface area contributed by atoms with Gasteiger partial charge in [0.15, 0.2) is 0 Å². The van der Waals surface area contributed by atoms with Crippen LogP contribution < -0.4 is 5.32 Å². The van der Waals surface area contributed by atoms with Gasteiger partial charge in [-0.2, -0.15) is 0 Å². The van der Waals surface area contributed by atoms with Crippen molar-refractivity contribution < 1.29 is 24.2 Å². The van der Waals surface area contributed by atoms with Gasteiger partial charge < -0.3 is 20.1 Å². The molecule has 0 rings (SSSR count). The molecule has 2 amide bonds. The summed E-state index contributed by atoms with van der Waals surface area (Å²) < 4.78 is 4.67. The van der Waals surface area contributed by atoms with Crippen LogP contribution in [0.15, 0.2) is 0 Å². The van der Waals surface area contributed by atoms with Gasteiger partial charge in [-0.25, -0.2) is 9.59 Å². The van der Waals surface area contributed by atoms with Crippen molar-refractivity contribution >= 4 is 18.0 Å². The van der Waals surface area contributed by atoms with E-state index < -0.39 is 24.0 Å². The van der Waals surface area contributed by atoms with E-state index in [0.717, 1.165) is 4.90 Å². The molecule has 1 unspecified atom stereocenters. The molecule has 0 aromatic heterocycles. The van der Waals surface area contributed by atoms with Gasteiger partial charge >= 0.3 is 18.0 Å². The van der Waals surface area contributed by atoms with Crippen LogP contribution in [0.1, 0.15) is 20.3 Å². The van der Waals surface area contributed by atoms with E-state index in [-0.39, 0.29) is 13.0 Å². The van der Waals surface area contributed by atoms with Crippen LogP contribution in [-0.2, 0) is 14.3 Å². The number of carboxylic acid groups (broad SMARTS) is 1. The molecule has 17 heavy (non-hydrogen) atoms. The first kappa shape index (κ1) is 15.2. The summed E-state index contributed by atoms with van der Waals surface area (Å²) in [6.45, 7) is 3.50. The Morgan fingerprint density at radius 3 is 2.47 bits per heavy atom. The molecule has 0 heterocycles. The Kier molecular flexibility index (Phi) is 6.69. The number of amides is 2. The van der Waals surface area contributed by atoms with Crippen molar-refractivity contribution in [2.45, 2.75) is 26.3 Å². The van der Waals surface area contributed by atoms with Crippen molar-refractivity contribution in [1.29, 1.82) is 0 Å². The third kappa shape index (κ3) is 5.74. The van der Waals surface area contributed by atoms with Gasteiger partial charge in [-0.05, 0) is 13.8 Å². The molecule has 7 heteroatoms. The molecule has 0 aliphatic carbocycles. The molecule has 0 aromatic rings. The van der Waals surface area contributed by atoms with Gasteiger partial charge in [-0.1, -0.05) is 0 Å². The third-order valence-corrected chi connectivity index (χ3v) is 2.17. The molecule has 0 radical (unpaired) electrons. The summed E-state index contributed by atoms with van der Waals surface area (Å²) in [7, 11) is 1.37. The number of nitrogens with one attached hydrogen (secondary N) is 1. The normalized spacial score (nSPS) is 11.5. The van der Waals surface area contributed by atoms with E-state index in [2.05, 4.69) is 10.1 Å². The van der Waals surface area contributed by atoms with Crippen LogP contribution in [0.5, 0.6) is 0 Å². The molecule has 0 aliphatic heterocycles. The van der Waals surface area contributed by atoms with Crippen molar-refractivity contribution in [1.82, 2.24) is 10.2 Å². The summed E-state index contributed by atoms with van der Waals surface area (Å²) in [6.07, 6.45) is 0.0644. The zero-order valence-electron chi connectivity index (χ0n) is 10.2. The fourth-order valence-electron chi connectivity index (χ4n) is 0.971. The van der Waals surface area contributed by atoms with Crippen molar-refractivity contribution in [2.24, 2.45) is 0 Å². The number of carbonyl (C=O) groups is 3. The zero-order valence-corrected chi connectivity index (χ0v) is 10.2. The number of rotatable bonds is 6. The number of carbonyl (C=O) groups excluding carboxylic acids is 2. The second kappa shape index (κ2) is 7.48. The maximum atomic E-state index is 11.4. The van der Waals surface area contributed by atoms with E-state index >= 15 is 0 Å². The molecule has 0 spiro atoms. The van der Waals surface area contributed by atoms with Crippen molar-refractivity contribution in [3.63, 3.8) is 0 Å². The first-order chi connectivity index (χ1) is 7.90. The highest BCUT2D eigenvalue weighted by Crippen LogP contribution is 1.96. The standard InChI is InChI=1S/C10H18N2O5/c1-4-17-8(13)5-6-11-10(16)12(3)7(2)9(14)15/h7H,4-6H2,1-3H3,(H,11,16)(H,14,15). The lowest BCUT2D eigenvalue weighted by atomic mass is 10.3. The second-order valence-corrected chi connectivity index (χ2v) is 3.41. The summed E-state index contributed by atoms with van der Waals surface area (Å²) in [6, 6.07) is -1.46. The first-order valence-corrected chi connectivity index (χ1v) is 5.29. The highest BCUT2D eigenvalue weighted by atomic mass is 16.5. The van der Waals surface area contributed by atoms with Crippen LogP contribution >= 0.6 is 0 Å². The zero-order chi connectivity index (χ0) is 13.4. The Labute approximate surface area is 99.7 Å². The topological polar surface area (TPSA) is 95.9 Å². The highest BCUT2D eigenvalue weighted by Gasteiger charge is 2.21. The third-order valence-electron chi connectivity index (χ3n) is 2.17. The van der Waals surface area contributed by atoms with E-state index in [1.54, 1.807) is 6.92 Å². The van der Waals surface area contributed by atoms with E-state index in [1.165, 1.54) is 14.0 Å². The quantitative estimate of drug-likeness (QED) is 0.646. The van der Waals surface area contributed by atoms with Gasteiger partial charge in [0.25, 0.3) is 0 Å². The largest absolute Gasteiger partial charge is 0.480 e. The lowest BCUT2D eigenvalue weighted by molar-refractivity contribution is -0.143. The van der Waals surface area contributed by atoms with Gasteiger partial charge in [-0.15, -0.1) is 0 Å². The van der Waals surface area contributed by atoms with E-state index in [1.807, 2.05) is 0 Å². The van der Waals surface area contributed by atoms with Crippen LogP contribution in [0.25, 0.3) is 0 Å². The summed E-state index contributed by atoms with van der Waals surface area (Å²) in [5, 5.41) is 11.1. The molecule has 1 atom stereocenters. The average Bonchev–Trinajstić information content (AvgIpc) is 2.27. The number of urea groups is 1. The Bertz CT molecular complexity index is 292. The number of nitrogens with zero attached hydrogens (tertiary/aromatic N) is 1. The molecule has 7 nitrogen and oxygen atoms in total. The fourth-order valence-corrected chi connectivity index (χ4v) is 0.971.